The maximum Gasteiger partial charge on any atom is 0.254 e. The molecule has 8 heteroatoms. The number of hydrogen-bond donors (Lipinski definition) is 0. The molecule has 4 rings (SSSR count). The predicted octanol–water partition coefficient (Wildman–Crippen LogP) is 3.22. The van der Waals surface area contributed by atoms with E-state index in [0.717, 1.165) is 18.4 Å². The molecule has 1 unspecified atom stereocenters. The van der Waals surface area contributed by atoms with Gasteiger partial charge in [-0.3, -0.25) is 9.10 Å². The Kier molecular flexibility index (Phi) is 5.60. The molecule has 2 aliphatic rings. The third kappa shape index (κ3) is 3.71. The van der Waals surface area contributed by atoms with Crippen LogP contribution in [0.3, 0.4) is 0 Å². The molecule has 0 aliphatic carbocycles. The minimum Gasteiger partial charge on any atom is -0.497 e. The fourth-order valence-electron chi connectivity index (χ4n) is 4.32. The molecule has 1 atom stereocenters. The zero-order chi connectivity index (χ0) is 21.3. The van der Waals surface area contributed by atoms with Crippen LogP contribution in [-0.2, 0) is 10.0 Å². The molecular formula is C22H26N2O5S. The summed E-state index contributed by atoms with van der Waals surface area (Å²) in [6.45, 7) is 1.10. The SMILES string of the molecule is COc1ccc(C2CCCN2C(=O)c2cccc(N3CCCS3(=O)=O)c2)c(OC)c1. The second-order valence-electron chi connectivity index (χ2n) is 7.56. The number of nitrogens with zero attached hydrogens (tertiary/aromatic N) is 2. The molecule has 0 saturated carbocycles. The summed E-state index contributed by atoms with van der Waals surface area (Å²) < 4.78 is 36.8. The van der Waals surface area contributed by atoms with Crippen LogP contribution in [0.5, 0.6) is 11.5 Å². The molecule has 30 heavy (non-hydrogen) atoms. The van der Waals surface area contributed by atoms with E-state index in [1.54, 1.807) is 38.5 Å². The number of sulfonamides is 1. The van der Waals surface area contributed by atoms with Crippen molar-refractivity contribution in [2.75, 3.05) is 37.4 Å². The van der Waals surface area contributed by atoms with Crippen molar-refractivity contribution in [3.8, 4) is 11.5 Å². The summed E-state index contributed by atoms with van der Waals surface area (Å²) in [7, 11) is -0.0760. The van der Waals surface area contributed by atoms with Crippen LogP contribution in [0.1, 0.15) is 41.2 Å². The predicted molar refractivity (Wildman–Crippen MR) is 115 cm³/mol. The molecule has 0 spiro atoms. The van der Waals surface area contributed by atoms with Gasteiger partial charge in [0.15, 0.2) is 0 Å². The van der Waals surface area contributed by atoms with Crippen molar-refractivity contribution < 1.29 is 22.7 Å². The van der Waals surface area contributed by atoms with E-state index >= 15 is 0 Å². The topological polar surface area (TPSA) is 76.2 Å². The summed E-state index contributed by atoms with van der Waals surface area (Å²) in [5.41, 5.74) is 1.99. The van der Waals surface area contributed by atoms with Crippen molar-refractivity contribution in [2.45, 2.75) is 25.3 Å². The molecule has 160 valence electrons. The van der Waals surface area contributed by atoms with Crippen LogP contribution in [0.25, 0.3) is 0 Å². The highest BCUT2D eigenvalue weighted by molar-refractivity contribution is 7.93. The first-order chi connectivity index (χ1) is 14.4. The van der Waals surface area contributed by atoms with Crippen molar-refractivity contribution in [1.82, 2.24) is 4.90 Å². The second kappa shape index (κ2) is 8.18. The molecule has 0 bridgehead atoms. The van der Waals surface area contributed by atoms with Gasteiger partial charge in [0, 0.05) is 30.3 Å². The summed E-state index contributed by atoms with van der Waals surface area (Å²) >= 11 is 0. The molecule has 0 aromatic heterocycles. The average Bonchev–Trinajstić information content (AvgIpc) is 3.38. The molecule has 2 aromatic rings. The quantitative estimate of drug-likeness (QED) is 0.728. The van der Waals surface area contributed by atoms with Crippen molar-refractivity contribution in [2.24, 2.45) is 0 Å². The number of ether oxygens (including phenoxy) is 2. The van der Waals surface area contributed by atoms with E-state index in [1.807, 2.05) is 23.1 Å². The summed E-state index contributed by atoms with van der Waals surface area (Å²) in [5.74, 6) is 1.44. The lowest BCUT2D eigenvalue weighted by Crippen LogP contribution is -2.31. The van der Waals surface area contributed by atoms with E-state index in [1.165, 1.54) is 4.31 Å². The zero-order valence-electron chi connectivity index (χ0n) is 17.2. The van der Waals surface area contributed by atoms with Crippen LogP contribution in [0.15, 0.2) is 42.5 Å². The number of amides is 1. The molecule has 0 N–H and O–H groups in total. The maximum atomic E-state index is 13.4. The monoisotopic (exact) mass is 430 g/mol. The molecule has 7 nitrogen and oxygen atoms in total. The molecular weight excluding hydrogens is 404 g/mol. The summed E-state index contributed by atoms with van der Waals surface area (Å²) in [6, 6.07) is 12.5. The Morgan fingerprint density at radius 3 is 2.57 bits per heavy atom. The maximum absolute atomic E-state index is 13.4. The van der Waals surface area contributed by atoms with Gasteiger partial charge < -0.3 is 14.4 Å². The van der Waals surface area contributed by atoms with Gasteiger partial charge in [0.05, 0.1) is 31.7 Å². The number of anilines is 1. The van der Waals surface area contributed by atoms with E-state index in [2.05, 4.69) is 0 Å². The minimum atomic E-state index is -3.29. The summed E-state index contributed by atoms with van der Waals surface area (Å²) in [5, 5.41) is 0. The van der Waals surface area contributed by atoms with Crippen LogP contribution in [0.4, 0.5) is 5.69 Å². The Morgan fingerprint density at radius 2 is 1.87 bits per heavy atom. The van der Waals surface area contributed by atoms with E-state index in [9.17, 15) is 13.2 Å². The number of benzene rings is 2. The lowest BCUT2D eigenvalue weighted by Gasteiger charge is -2.27. The lowest BCUT2D eigenvalue weighted by atomic mass is 10.0. The smallest absolute Gasteiger partial charge is 0.254 e. The Balaban J connectivity index is 1.63. The van der Waals surface area contributed by atoms with Crippen molar-refractivity contribution in [3.63, 3.8) is 0 Å². The summed E-state index contributed by atoms with van der Waals surface area (Å²) in [6.07, 6.45) is 2.34. The van der Waals surface area contributed by atoms with Gasteiger partial charge in [0.25, 0.3) is 5.91 Å². The van der Waals surface area contributed by atoms with Gasteiger partial charge in [-0.2, -0.15) is 0 Å². The Morgan fingerprint density at radius 1 is 1.03 bits per heavy atom. The number of carbonyl (C=O) groups excluding carboxylic acids is 1. The summed E-state index contributed by atoms with van der Waals surface area (Å²) in [4.78, 5) is 15.2. The van der Waals surface area contributed by atoms with Crippen LogP contribution in [-0.4, -0.2) is 52.3 Å². The molecule has 0 radical (unpaired) electrons. The Bertz CT molecular complexity index is 1050. The largest absolute Gasteiger partial charge is 0.497 e. The normalized spacial score (nSPS) is 20.4. The fourth-order valence-corrected chi connectivity index (χ4v) is 5.87. The van der Waals surface area contributed by atoms with Gasteiger partial charge in [-0.1, -0.05) is 6.07 Å². The minimum absolute atomic E-state index is 0.0995. The number of carbonyl (C=O) groups is 1. The number of rotatable bonds is 5. The fraction of sp³-hybridized carbons (Fsp3) is 0.409. The standard InChI is InChI=1S/C22H26N2O5S/c1-28-18-9-10-19(21(15-18)29-2)20-8-4-11-23(20)22(25)16-6-3-7-17(14-16)24-12-5-13-30(24,26)27/h3,6-7,9-10,14-15,20H,4-5,8,11-13H2,1-2H3. The van der Waals surface area contributed by atoms with E-state index in [0.29, 0.717) is 42.3 Å². The van der Waals surface area contributed by atoms with E-state index < -0.39 is 10.0 Å². The number of hydrogen-bond acceptors (Lipinski definition) is 5. The van der Waals surface area contributed by atoms with E-state index in [-0.39, 0.29) is 17.7 Å². The highest BCUT2D eigenvalue weighted by atomic mass is 32.2. The molecule has 1 amide bonds. The van der Waals surface area contributed by atoms with Gasteiger partial charge in [0.1, 0.15) is 11.5 Å². The van der Waals surface area contributed by atoms with E-state index in [4.69, 9.17) is 9.47 Å². The Labute approximate surface area is 177 Å². The van der Waals surface area contributed by atoms with Crippen LogP contribution < -0.4 is 13.8 Å². The third-order valence-electron chi connectivity index (χ3n) is 5.79. The van der Waals surface area contributed by atoms with Gasteiger partial charge in [-0.05, 0) is 49.6 Å². The molecule has 2 aromatic carbocycles. The van der Waals surface area contributed by atoms with Crippen LogP contribution in [0, 0.1) is 0 Å². The van der Waals surface area contributed by atoms with Crippen molar-refractivity contribution >= 4 is 21.6 Å². The molecule has 2 fully saturated rings. The zero-order valence-corrected chi connectivity index (χ0v) is 18.0. The van der Waals surface area contributed by atoms with Crippen LogP contribution >= 0.6 is 0 Å². The highest BCUT2D eigenvalue weighted by Crippen LogP contribution is 2.39. The molecule has 2 saturated heterocycles. The van der Waals surface area contributed by atoms with Gasteiger partial charge in [0.2, 0.25) is 10.0 Å². The molecule has 2 aliphatic heterocycles. The van der Waals surface area contributed by atoms with Crippen LogP contribution in [0.2, 0.25) is 0 Å². The number of likely N-dealkylation sites (tertiary alicyclic amines) is 1. The van der Waals surface area contributed by atoms with Crippen molar-refractivity contribution in [1.29, 1.82) is 0 Å². The molecule has 2 heterocycles. The number of methoxy groups -OCH3 is 2. The van der Waals surface area contributed by atoms with Gasteiger partial charge in [-0.25, -0.2) is 8.42 Å². The lowest BCUT2D eigenvalue weighted by molar-refractivity contribution is 0.0734. The third-order valence-corrected chi connectivity index (χ3v) is 7.66. The second-order valence-corrected chi connectivity index (χ2v) is 9.57. The van der Waals surface area contributed by atoms with Gasteiger partial charge >= 0.3 is 0 Å². The average molecular weight is 431 g/mol. The first kappa shape index (κ1) is 20.5. The first-order valence-electron chi connectivity index (χ1n) is 10.1. The highest BCUT2D eigenvalue weighted by Gasteiger charge is 2.33. The Hall–Kier alpha value is -2.74. The van der Waals surface area contributed by atoms with Gasteiger partial charge in [-0.15, -0.1) is 0 Å². The first-order valence-corrected chi connectivity index (χ1v) is 11.7. The van der Waals surface area contributed by atoms with Crippen molar-refractivity contribution in [3.05, 3.63) is 53.6 Å².